The number of fused-ring (bicyclic) bond motifs is 4. The van der Waals surface area contributed by atoms with Crippen molar-refractivity contribution < 1.29 is 18.9 Å². The average molecular weight is 491 g/mol. The first kappa shape index (κ1) is 21.9. The number of hydrogen-bond acceptors (Lipinski definition) is 7. The van der Waals surface area contributed by atoms with Crippen molar-refractivity contribution in [3.05, 3.63) is 99.6 Å². The van der Waals surface area contributed by atoms with E-state index >= 15 is 0 Å². The number of ketones is 1. The molecule has 3 aliphatic heterocycles. The summed E-state index contributed by atoms with van der Waals surface area (Å²) in [7, 11) is 0. The zero-order chi connectivity index (χ0) is 24.3. The number of carbonyl (C=O) groups is 2. The van der Waals surface area contributed by atoms with Gasteiger partial charge in [-0.3, -0.25) is 29.6 Å². The van der Waals surface area contributed by atoms with Crippen LogP contribution in [0.25, 0.3) is 0 Å². The second kappa shape index (κ2) is 7.96. The van der Waals surface area contributed by atoms with Crippen molar-refractivity contribution in [2.24, 2.45) is 5.92 Å². The van der Waals surface area contributed by atoms with Gasteiger partial charge in [0.05, 0.1) is 10.8 Å². The van der Waals surface area contributed by atoms with Crippen LogP contribution in [-0.2, 0) is 10.3 Å². The van der Waals surface area contributed by atoms with Crippen molar-refractivity contribution in [1.29, 1.82) is 0 Å². The SMILES string of the molecule is O=C(c1cccnc1)[C@@H]1[C@H](c2ccc([N+](=O)[O-])cc2)[C@H]2CSCN2[C@]12C(=O)Nc1ccc(F)cc12. The zero-order valence-electron chi connectivity index (χ0n) is 18.3. The van der Waals surface area contributed by atoms with Gasteiger partial charge in [-0.1, -0.05) is 12.1 Å². The molecule has 1 aromatic heterocycles. The minimum Gasteiger partial charge on any atom is -0.324 e. The van der Waals surface area contributed by atoms with Gasteiger partial charge in [0.25, 0.3) is 5.69 Å². The molecule has 0 aliphatic carbocycles. The third-order valence-electron chi connectivity index (χ3n) is 7.30. The Morgan fingerprint density at radius 3 is 2.74 bits per heavy atom. The molecule has 1 spiro atoms. The standard InChI is InChI=1S/C25H19FN4O4S/c26-16-5-8-19-18(10-16)25(24(32)28-19)22(23(31)15-2-1-9-27-11-15)21(20-12-35-13-29(20)25)14-3-6-17(7-4-14)30(33)34/h1-11,20-22H,12-13H2,(H,28,32)/t20-,21-,22+,25+/m1/s1. The Bertz CT molecular complexity index is 1370. The van der Waals surface area contributed by atoms with Crippen LogP contribution in [0.4, 0.5) is 15.8 Å². The van der Waals surface area contributed by atoms with E-state index in [1.807, 2.05) is 4.90 Å². The van der Waals surface area contributed by atoms with E-state index in [-0.39, 0.29) is 23.4 Å². The second-order valence-electron chi connectivity index (χ2n) is 8.91. The number of anilines is 1. The summed E-state index contributed by atoms with van der Waals surface area (Å²) in [6, 6.07) is 13.4. The van der Waals surface area contributed by atoms with Crippen LogP contribution in [0.5, 0.6) is 0 Å². The molecule has 3 aromatic rings. The molecular weight excluding hydrogens is 471 g/mol. The number of benzene rings is 2. The van der Waals surface area contributed by atoms with Gasteiger partial charge in [-0.25, -0.2) is 4.39 Å². The number of aromatic nitrogens is 1. The minimum absolute atomic E-state index is 0.0553. The number of non-ortho nitro benzene ring substituents is 1. The van der Waals surface area contributed by atoms with Gasteiger partial charge < -0.3 is 5.32 Å². The van der Waals surface area contributed by atoms with Crippen molar-refractivity contribution >= 4 is 34.8 Å². The minimum atomic E-state index is -1.41. The Morgan fingerprint density at radius 2 is 2.03 bits per heavy atom. The van der Waals surface area contributed by atoms with Gasteiger partial charge in [-0.2, -0.15) is 0 Å². The molecule has 4 heterocycles. The fraction of sp³-hybridized carbons (Fsp3) is 0.240. The Balaban J connectivity index is 1.60. The smallest absolute Gasteiger partial charge is 0.269 e. The maximum atomic E-state index is 14.5. The maximum absolute atomic E-state index is 14.5. The molecule has 35 heavy (non-hydrogen) atoms. The molecule has 3 aliphatic rings. The largest absolute Gasteiger partial charge is 0.324 e. The summed E-state index contributed by atoms with van der Waals surface area (Å²) < 4.78 is 14.5. The van der Waals surface area contributed by atoms with Gasteiger partial charge in [0, 0.05) is 64.9 Å². The Kier molecular flexibility index (Phi) is 4.97. The fourth-order valence-electron chi connectivity index (χ4n) is 5.93. The normalized spacial score (nSPS) is 27.0. The van der Waals surface area contributed by atoms with E-state index < -0.39 is 28.1 Å². The topological polar surface area (TPSA) is 105 Å². The lowest BCUT2D eigenvalue weighted by Gasteiger charge is -2.36. The summed E-state index contributed by atoms with van der Waals surface area (Å²) in [6.07, 6.45) is 3.04. The van der Waals surface area contributed by atoms with E-state index in [9.17, 15) is 24.1 Å². The first-order valence-corrected chi connectivity index (χ1v) is 12.2. The molecule has 176 valence electrons. The van der Waals surface area contributed by atoms with Crippen molar-refractivity contribution in [2.45, 2.75) is 17.5 Å². The number of nitro groups is 1. The summed E-state index contributed by atoms with van der Waals surface area (Å²) in [4.78, 5) is 44.9. The molecule has 2 aromatic carbocycles. The number of rotatable bonds is 4. The van der Waals surface area contributed by atoms with Gasteiger partial charge in [0.2, 0.25) is 5.91 Å². The molecule has 4 atom stereocenters. The fourth-order valence-corrected chi connectivity index (χ4v) is 7.25. The molecule has 0 unspecified atom stereocenters. The van der Waals surface area contributed by atoms with E-state index in [0.717, 1.165) is 5.56 Å². The average Bonchev–Trinajstić information content (AvgIpc) is 3.53. The molecule has 6 rings (SSSR count). The van der Waals surface area contributed by atoms with E-state index in [4.69, 9.17) is 0 Å². The van der Waals surface area contributed by atoms with E-state index in [1.165, 1.54) is 36.5 Å². The molecular formula is C25H19FN4O4S. The molecule has 0 radical (unpaired) electrons. The third kappa shape index (κ3) is 3.06. The summed E-state index contributed by atoms with van der Waals surface area (Å²) >= 11 is 1.64. The van der Waals surface area contributed by atoms with Crippen LogP contribution in [0.2, 0.25) is 0 Å². The van der Waals surface area contributed by atoms with Crippen molar-refractivity contribution in [2.75, 3.05) is 16.9 Å². The second-order valence-corrected chi connectivity index (χ2v) is 9.91. The number of hydrogen-bond donors (Lipinski definition) is 1. The number of Topliss-reactive ketones (excluding diaryl/α,β-unsaturated/α-hetero) is 1. The predicted octanol–water partition coefficient (Wildman–Crippen LogP) is 3.95. The Morgan fingerprint density at radius 1 is 1.23 bits per heavy atom. The Hall–Kier alpha value is -3.63. The molecule has 2 saturated heterocycles. The molecule has 1 amide bonds. The lowest BCUT2D eigenvalue weighted by atomic mass is 9.69. The molecule has 1 N–H and O–H groups in total. The quantitative estimate of drug-likeness (QED) is 0.335. The van der Waals surface area contributed by atoms with Crippen LogP contribution in [0.15, 0.2) is 67.0 Å². The maximum Gasteiger partial charge on any atom is 0.269 e. The van der Waals surface area contributed by atoms with Crippen LogP contribution >= 0.6 is 11.8 Å². The van der Waals surface area contributed by atoms with Gasteiger partial charge in [-0.15, -0.1) is 11.8 Å². The van der Waals surface area contributed by atoms with Crippen LogP contribution in [-0.4, -0.2) is 44.2 Å². The molecule has 0 bridgehead atoms. The number of nitro benzene ring substituents is 1. The highest BCUT2D eigenvalue weighted by Gasteiger charge is 2.69. The highest BCUT2D eigenvalue weighted by Crippen LogP contribution is 2.61. The molecule has 8 nitrogen and oxygen atoms in total. The summed E-state index contributed by atoms with van der Waals surface area (Å²) in [5.41, 5.74) is 0.549. The number of pyridine rings is 1. The third-order valence-corrected chi connectivity index (χ3v) is 8.34. The number of halogens is 1. The van der Waals surface area contributed by atoms with E-state index in [1.54, 1.807) is 42.2 Å². The van der Waals surface area contributed by atoms with Crippen molar-refractivity contribution in [1.82, 2.24) is 9.88 Å². The highest BCUT2D eigenvalue weighted by atomic mass is 32.2. The van der Waals surface area contributed by atoms with Crippen LogP contribution in [0.3, 0.4) is 0 Å². The Labute approximate surface area is 203 Å². The van der Waals surface area contributed by atoms with Gasteiger partial charge in [0.1, 0.15) is 11.4 Å². The first-order chi connectivity index (χ1) is 16.9. The molecule has 10 heteroatoms. The number of nitrogens with zero attached hydrogens (tertiary/aromatic N) is 3. The predicted molar refractivity (Wildman–Crippen MR) is 128 cm³/mol. The van der Waals surface area contributed by atoms with Gasteiger partial charge in [0.15, 0.2) is 5.78 Å². The van der Waals surface area contributed by atoms with Crippen LogP contribution in [0.1, 0.15) is 27.4 Å². The summed E-state index contributed by atoms with van der Waals surface area (Å²) in [5, 5.41) is 14.1. The molecule has 2 fully saturated rings. The zero-order valence-corrected chi connectivity index (χ0v) is 19.1. The van der Waals surface area contributed by atoms with Crippen molar-refractivity contribution in [3.63, 3.8) is 0 Å². The number of carbonyl (C=O) groups excluding carboxylic acids is 2. The van der Waals surface area contributed by atoms with Gasteiger partial charge >= 0.3 is 0 Å². The van der Waals surface area contributed by atoms with Crippen LogP contribution in [0, 0.1) is 21.8 Å². The van der Waals surface area contributed by atoms with E-state index in [2.05, 4.69) is 10.3 Å². The lowest BCUT2D eigenvalue weighted by molar-refractivity contribution is -0.384. The van der Waals surface area contributed by atoms with Crippen molar-refractivity contribution in [3.8, 4) is 0 Å². The summed E-state index contributed by atoms with van der Waals surface area (Å²) in [5.74, 6) is -1.30. The number of amides is 1. The van der Waals surface area contributed by atoms with Gasteiger partial charge in [-0.05, 0) is 35.9 Å². The summed E-state index contributed by atoms with van der Waals surface area (Å²) in [6.45, 7) is 0. The van der Waals surface area contributed by atoms with Crippen LogP contribution < -0.4 is 5.32 Å². The van der Waals surface area contributed by atoms with E-state index in [0.29, 0.717) is 28.4 Å². The monoisotopic (exact) mass is 490 g/mol. The number of thioether (sulfide) groups is 1. The number of nitrogens with one attached hydrogen (secondary N) is 1. The lowest BCUT2D eigenvalue weighted by Crippen LogP contribution is -2.52. The molecule has 0 saturated carbocycles. The highest BCUT2D eigenvalue weighted by molar-refractivity contribution is 7.99. The first-order valence-electron chi connectivity index (χ1n) is 11.1.